The molecular formula is C15H21BrN2O. The summed E-state index contributed by atoms with van der Waals surface area (Å²) in [6.07, 6.45) is 6.44. The molecule has 1 aliphatic rings. The van der Waals surface area contributed by atoms with Crippen LogP contribution in [0.2, 0.25) is 0 Å². The molecule has 1 aliphatic carbocycles. The normalized spacial score (nSPS) is 18.6. The van der Waals surface area contributed by atoms with Crippen molar-refractivity contribution in [3.63, 3.8) is 0 Å². The van der Waals surface area contributed by atoms with Crippen molar-refractivity contribution in [1.82, 2.24) is 0 Å². The van der Waals surface area contributed by atoms with Crippen LogP contribution in [-0.4, -0.2) is 12.5 Å². The SMILES string of the molecule is NCC1(C(=O)Nc2cccc(Br)c2)CCCCCC1. The van der Waals surface area contributed by atoms with Crippen LogP contribution in [0, 0.1) is 5.41 Å². The van der Waals surface area contributed by atoms with Gasteiger partial charge in [0.1, 0.15) is 0 Å². The van der Waals surface area contributed by atoms with Gasteiger partial charge in [0, 0.05) is 16.7 Å². The Bertz CT molecular complexity index is 440. The number of hydrogen-bond acceptors (Lipinski definition) is 2. The first-order chi connectivity index (χ1) is 9.16. The van der Waals surface area contributed by atoms with Gasteiger partial charge in [0.2, 0.25) is 5.91 Å². The highest BCUT2D eigenvalue weighted by Gasteiger charge is 2.37. The van der Waals surface area contributed by atoms with Crippen molar-refractivity contribution in [2.75, 3.05) is 11.9 Å². The van der Waals surface area contributed by atoms with Gasteiger partial charge in [-0.3, -0.25) is 4.79 Å². The van der Waals surface area contributed by atoms with Gasteiger partial charge in [-0.1, -0.05) is 47.7 Å². The lowest BCUT2D eigenvalue weighted by Gasteiger charge is -2.29. The summed E-state index contributed by atoms with van der Waals surface area (Å²) >= 11 is 3.42. The Labute approximate surface area is 123 Å². The zero-order chi connectivity index (χ0) is 13.7. The smallest absolute Gasteiger partial charge is 0.231 e. The van der Waals surface area contributed by atoms with E-state index in [1.165, 1.54) is 12.8 Å². The summed E-state index contributed by atoms with van der Waals surface area (Å²) in [5, 5.41) is 3.02. The summed E-state index contributed by atoms with van der Waals surface area (Å²) in [7, 11) is 0. The Kier molecular flexibility index (Phi) is 4.99. The molecule has 2 rings (SSSR count). The van der Waals surface area contributed by atoms with Crippen LogP contribution in [-0.2, 0) is 4.79 Å². The van der Waals surface area contributed by atoms with Gasteiger partial charge in [0.05, 0.1) is 5.41 Å². The first-order valence-corrected chi connectivity index (χ1v) is 7.73. The standard InChI is InChI=1S/C15H21BrN2O/c16-12-6-5-7-13(10-12)18-14(19)15(11-17)8-3-1-2-4-9-15/h5-7,10H,1-4,8-9,11,17H2,(H,18,19). The average molecular weight is 325 g/mol. The molecule has 0 aromatic heterocycles. The Morgan fingerprint density at radius 3 is 2.53 bits per heavy atom. The molecule has 3 N–H and O–H groups in total. The quantitative estimate of drug-likeness (QED) is 0.833. The lowest BCUT2D eigenvalue weighted by atomic mass is 9.79. The number of nitrogens with one attached hydrogen (secondary N) is 1. The van der Waals surface area contributed by atoms with E-state index in [4.69, 9.17) is 5.73 Å². The molecule has 3 nitrogen and oxygen atoms in total. The summed E-state index contributed by atoms with van der Waals surface area (Å²) in [5.41, 5.74) is 6.38. The lowest BCUT2D eigenvalue weighted by molar-refractivity contribution is -0.125. The Hall–Kier alpha value is -0.870. The minimum atomic E-state index is -0.376. The minimum Gasteiger partial charge on any atom is -0.329 e. The summed E-state index contributed by atoms with van der Waals surface area (Å²) in [4.78, 5) is 12.6. The van der Waals surface area contributed by atoms with Crippen LogP contribution in [0.15, 0.2) is 28.7 Å². The van der Waals surface area contributed by atoms with Gasteiger partial charge in [-0.15, -0.1) is 0 Å². The van der Waals surface area contributed by atoms with Crippen LogP contribution >= 0.6 is 15.9 Å². The number of carbonyl (C=O) groups excluding carboxylic acids is 1. The average Bonchev–Trinajstić information content (AvgIpc) is 2.65. The number of halogens is 1. The van der Waals surface area contributed by atoms with Crippen molar-refractivity contribution >= 4 is 27.5 Å². The largest absolute Gasteiger partial charge is 0.329 e. The first kappa shape index (κ1) is 14.5. The molecule has 0 aliphatic heterocycles. The molecule has 4 heteroatoms. The van der Waals surface area contributed by atoms with Crippen molar-refractivity contribution in [2.45, 2.75) is 38.5 Å². The Balaban J connectivity index is 2.12. The number of amides is 1. The molecule has 1 amide bonds. The van der Waals surface area contributed by atoms with Crippen molar-refractivity contribution in [3.8, 4) is 0 Å². The second kappa shape index (κ2) is 6.53. The van der Waals surface area contributed by atoms with E-state index >= 15 is 0 Å². The van der Waals surface area contributed by atoms with E-state index in [0.717, 1.165) is 35.8 Å². The number of rotatable bonds is 3. The fraction of sp³-hybridized carbons (Fsp3) is 0.533. The predicted octanol–water partition coefficient (Wildman–Crippen LogP) is 3.69. The highest BCUT2D eigenvalue weighted by molar-refractivity contribution is 9.10. The summed E-state index contributed by atoms with van der Waals surface area (Å²) < 4.78 is 0.966. The fourth-order valence-corrected chi connectivity index (χ4v) is 3.16. The highest BCUT2D eigenvalue weighted by atomic mass is 79.9. The molecule has 0 heterocycles. The molecule has 19 heavy (non-hydrogen) atoms. The van der Waals surface area contributed by atoms with E-state index < -0.39 is 0 Å². The van der Waals surface area contributed by atoms with Crippen LogP contribution in [0.4, 0.5) is 5.69 Å². The monoisotopic (exact) mass is 324 g/mol. The van der Waals surface area contributed by atoms with E-state index in [9.17, 15) is 4.79 Å². The van der Waals surface area contributed by atoms with E-state index in [2.05, 4.69) is 21.2 Å². The third-order valence-corrected chi connectivity index (χ3v) is 4.51. The molecule has 0 radical (unpaired) electrons. The molecule has 0 bridgehead atoms. The van der Waals surface area contributed by atoms with E-state index in [1.807, 2.05) is 24.3 Å². The zero-order valence-electron chi connectivity index (χ0n) is 11.1. The molecule has 1 fully saturated rings. The number of hydrogen-bond donors (Lipinski definition) is 2. The fourth-order valence-electron chi connectivity index (χ4n) is 2.76. The second-order valence-corrected chi connectivity index (χ2v) is 6.28. The Morgan fingerprint density at radius 2 is 1.95 bits per heavy atom. The van der Waals surface area contributed by atoms with Gasteiger partial charge in [-0.05, 0) is 31.0 Å². The van der Waals surface area contributed by atoms with Gasteiger partial charge in [-0.25, -0.2) is 0 Å². The van der Waals surface area contributed by atoms with Crippen molar-refractivity contribution in [1.29, 1.82) is 0 Å². The molecular weight excluding hydrogens is 304 g/mol. The molecule has 1 aromatic carbocycles. The summed E-state index contributed by atoms with van der Waals surface area (Å²) in [5.74, 6) is 0.0787. The number of benzene rings is 1. The summed E-state index contributed by atoms with van der Waals surface area (Å²) in [6.45, 7) is 0.437. The van der Waals surface area contributed by atoms with Crippen molar-refractivity contribution in [2.24, 2.45) is 11.1 Å². The van der Waals surface area contributed by atoms with E-state index in [1.54, 1.807) is 0 Å². The van der Waals surface area contributed by atoms with Crippen molar-refractivity contribution < 1.29 is 4.79 Å². The molecule has 0 spiro atoms. The van der Waals surface area contributed by atoms with Crippen LogP contribution in [0.5, 0.6) is 0 Å². The molecule has 0 atom stereocenters. The Morgan fingerprint density at radius 1 is 1.26 bits per heavy atom. The van der Waals surface area contributed by atoms with Gasteiger partial charge >= 0.3 is 0 Å². The minimum absolute atomic E-state index is 0.0787. The maximum absolute atomic E-state index is 12.6. The third-order valence-electron chi connectivity index (χ3n) is 4.02. The molecule has 104 valence electrons. The topological polar surface area (TPSA) is 55.1 Å². The molecule has 1 saturated carbocycles. The van der Waals surface area contributed by atoms with E-state index in [0.29, 0.717) is 6.54 Å². The van der Waals surface area contributed by atoms with E-state index in [-0.39, 0.29) is 11.3 Å². The van der Waals surface area contributed by atoms with Crippen LogP contribution in [0.1, 0.15) is 38.5 Å². The molecule has 1 aromatic rings. The number of anilines is 1. The zero-order valence-corrected chi connectivity index (χ0v) is 12.7. The lowest BCUT2D eigenvalue weighted by Crippen LogP contribution is -2.42. The maximum Gasteiger partial charge on any atom is 0.231 e. The molecule has 0 unspecified atom stereocenters. The van der Waals surface area contributed by atoms with Crippen LogP contribution < -0.4 is 11.1 Å². The number of carbonyl (C=O) groups is 1. The predicted molar refractivity (Wildman–Crippen MR) is 82.0 cm³/mol. The van der Waals surface area contributed by atoms with Gasteiger partial charge in [-0.2, -0.15) is 0 Å². The maximum atomic E-state index is 12.6. The van der Waals surface area contributed by atoms with Crippen molar-refractivity contribution in [3.05, 3.63) is 28.7 Å². The van der Waals surface area contributed by atoms with Gasteiger partial charge < -0.3 is 11.1 Å². The first-order valence-electron chi connectivity index (χ1n) is 6.93. The third kappa shape index (κ3) is 3.57. The van der Waals surface area contributed by atoms with Crippen LogP contribution in [0.25, 0.3) is 0 Å². The van der Waals surface area contributed by atoms with Gasteiger partial charge in [0.15, 0.2) is 0 Å². The highest BCUT2D eigenvalue weighted by Crippen LogP contribution is 2.35. The number of nitrogens with two attached hydrogens (primary N) is 1. The summed E-state index contributed by atoms with van der Waals surface area (Å²) in [6, 6.07) is 7.68. The van der Waals surface area contributed by atoms with Crippen LogP contribution in [0.3, 0.4) is 0 Å². The van der Waals surface area contributed by atoms with Gasteiger partial charge in [0.25, 0.3) is 0 Å². The second-order valence-electron chi connectivity index (χ2n) is 5.36. The molecule has 0 saturated heterocycles.